The second kappa shape index (κ2) is 4.81. The zero-order valence-electron chi connectivity index (χ0n) is 8.16. The van der Waals surface area contributed by atoms with Gasteiger partial charge in [-0.1, -0.05) is 0 Å². The van der Waals surface area contributed by atoms with Crippen LogP contribution in [-0.2, 0) is 14.3 Å². The molecule has 0 aromatic carbocycles. The molecule has 76 valence electrons. The molecule has 0 heterocycles. The molecule has 0 bridgehead atoms. The predicted molar refractivity (Wildman–Crippen MR) is 47.9 cm³/mol. The molecule has 0 saturated carbocycles. The SMILES string of the molecule is CC(C)(C)OC(=O)[C@H](CN)NC=O. The highest BCUT2D eigenvalue weighted by Gasteiger charge is 2.23. The van der Waals surface area contributed by atoms with Crippen LogP contribution >= 0.6 is 0 Å². The summed E-state index contributed by atoms with van der Waals surface area (Å²) in [5.74, 6) is -0.512. The normalized spacial score (nSPS) is 13.2. The molecule has 0 rings (SSSR count). The van der Waals surface area contributed by atoms with Gasteiger partial charge in [-0.25, -0.2) is 4.79 Å². The third-order valence-electron chi connectivity index (χ3n) is 1.20. The van der Waals surface area contributed by atoms with Gasteiger partial charge in [0.05, 0.1) is 0 Å². The summed E-state index contributed by atoms with van der Waals surface area (Å²) < 4.78 is 5.00. The van der Waals surface area contributed by atoms with E-state index in [1.807, 2.05) is 0 Å². The highest BCUT2D eigenvalue weighted by Crippen LogP contribution is 2.07. The first-order valence-electron chi connectivity index (χ1n) is 4.03. The quantitative estimate of drug-likeness (QED) is 0.456. The van der Waals surface area contributed by atoms with Gasteiger partial charge in [-0.3, -0.25) is 4.79 Å². The number of amides is 1. The van der Waals surface area contributed by atoms with Crippen LogP contribution in [0.4, 0.5) is 0 Å². The van der Waals surface area contributed by atoms with E-state index in [2.05, 4.69) is 5.32 Å². The first-order valence-corrected chi connectivity index (χ1v) is 4.03. The highest BCUT2D eigenvalue weighted by molar-refractivity contribution is 5.78. The fourth-order valence-electron chi connectivity index (χ4n) is 0.687. The summed E-state index contributed by atoms with van der Waals surface area (Å²) in [5, 5.41) is 2.27. The molecule has 0 aliphatic carbocycles. The van der Waals surface area contributed by atoms with Crippen LogP contribution < -0.4 is 11.1 Å². The largest absolute Gasteiger partial charge is 0.458 e. The van der Waals surface area contributed by atoms with Crippen molar-refractivity contribution in [3.8, 4) is 0 Å². The fraction of sp³-hybridized carbons (Fsp3) is 0.750. The van der Waals surface area contributed by atoms with Gasteiger partial charge in [-0.05, 0) is 20.8 Å². The van der Waals surface area contributed by atoms with Gasteiger partial charge in [0.25, 0.3) is 0 Å². The molecule has 0 aromatic rings. The van der Waals surface area contributed by atoms with E-state index in [0.29, 0.717) is 6.41 Å². The smallest absolute Gasteiger partial charge is 0.330 e. The van der Waals surface area contributed by atoms with Crippen molar-refractivity contribution in [1.82, 2.24) is 5.32 Å². The number of carbonyl (C=O) groups is 2. The molecule has 0 spiro atoms. The van der Waals surface area contributed by atoms with Crippen molar-refractivity contribution in [2.24, 2.45) is 5.73 Å². The molecule has 1 amide bonds. The Bertz CT molecular complexity index is 186. The van der Waals surface area contributed by atoms with Crippen molar-refractivity contribution in [3.05, 3.63) is 0 Å². The second-order valence-corrected chi connectivity index (χ2v) is 3.61. The second-order valence-electron chi connectivity index (χ2n) is 3.61. The zero-order chi connectivity index (χ0) is 10.5. The van der Waals surface area contributed by atoms with E-state index in [9.17, 15) is 9.59 Å². The predicted octanol–water partition coefficient (Wildman–Crippen LogP) is -0.599. The Morgan fingerprint density at radius 3 is 2.46 bits per heavy atom. The number of ether oxygens (including phenoxy) is 1. The lowest BCUT2D eigenvalue weighted by Crippen LogP contribution is -2.45. The minimum atomic E-state index is -0.753. The van der Waals surface area contributed by atoms with Crippen LogP contribution in [0.25, 0.3) is 0 Å². The van der Waals surface area contributed by atoms with Crippen molar-refractivity contribution < 1.29 is 14.3 Å². The minimum absolute atomic E-state index is 0.0354. The number of nitrogens with one attached hydrogen (secondary N) is 1. The van der Waals surface area contributed by atoms with E-state index in [0.717, 1.165) is 0 Å². The topological polar surface area (TPSA) is 81.4 Å². The average Bonchev–Trinajstić information content (AvgIpc) is 1.96. The van der Waals surface area contributed by atoms with Gasteiger partial charge in [0.15, 0.2) is 0 Å². The molecule has 1 atom stereocenters. The Labute approximate surface area is 77.6 Å². The number of esters is 1. The van der Waals surface area contributed by atoms with Crippen LogP contribution in [0.15, 0.2) is 0 Å². The third-order valence-corrected chi connectivity index (χ3v) is 1.20. The Morgan fingerprint density at radius 1 is 1.62 bits per heavy atom. The van der Waals surface area contributed by atoms with E-state index < -0.39 is 17.6 Å². The average molecular weight is 188 g/mol. The van der Waals surface area contributed by atoms with Crippen LogP contribution in [0.1, 0.15) is 20.8 Å². The van der Waals surface area contributed by atoms with E-state index in [4.69, 9.17) is 10.5 Å². The fourth-order valence-corrected chi connectivity index (χ4v) is 0.687. The Morgan fingerprint density at radius 2 is 2.15 bits per heavy atom. The van der Waals surface area contributed by atoms with Gasteiger partial charge in [-0.15, -0.1) is 0 Å². The first kappa shape index (κ1) is 11.9. The number of rotatable bonds is 4. The summed E-state index contributed by atoms with van der Waals surface area (Å²) in [4.78, 5) is 21.3. The van der Waals surface area contributed by atoms with E-state index in [1.54, 1.807) is 20.8 Å². The molecular formula is C8H16N2O3. The van der Waals surface area contributed by atoms with E-state index >= 15 is 0 Å². The molecular weight excluding hydrogens is 172 g/mol. The summed E-state index contributed by atoms with van der Waals surface area (Å²) in [7, 11) is 0. The maximum Gasteiger partial charge on any atom is 0.330 e. The van der Waals surface area contributed by atoms with Crippen LogP contribution in [0, 0.1) is 0 Å². The maximum atomic E-state index is 11.3. The zero-order valence-corrected chi connectivity index (χ0v) is 8.16. The molecule has 0 fully saturated rings. The van der Waals surface area contributed by atoms with E-state index in [-0.39, 0.29) is 6.54 Å². The monoisotopic (exact) mass is 188 g/mol. The van der Waals surface area contributed by atoms with Gasteiger partial charge in [-0.2, -0.15) is 0 Å². The van der Waals surface area contributed by atoms with Gasteiger partial charge < -0.3 is 15.8 Å². The van der Waals surface area contributed by atoms with Crippen molar-refractivity contribution in [2.75, 3.05) is 6.54 Å². The van der Waals surface area contributed by atoms with Crippen molar-refractivity contribution in [1.29, 1.82) is 0 Å². The number of nitrogens with two attached hydrogens (primary N) is 1. The Kier molecular flexibility index (Phi) is 4.40. The number of hydrogen-bond donors (Lipinski definition) is 2. The molecule has 13 heavy (non-hydrogen) atoms. The summed E-state index contributed by atoms with van der Waals surface area (Å²) in [6.45, 7) is 5.28. The molecule has 0 radical (unpaired) electrons. The van der Waals surface area contributed by atoms with Gasteiger partial charge >= 0.3 is 5.97 Å². The Hall–Kier alpha value is -1.10. The van der Waals surface area contributed by atoms with Gasteiger partial charge in [0.2, 0.25) is 6.41 Å². The van der Waals surface area contributed by atoms with Gasteiger partial charge in [0, 0.05) is 6.54 Å². The lowest BCUT2D eigenvalue weighted by atomic mass is 10.2. The summed E-state index contributed by atoms with van der Waals surface area (Å²) in [6.07, 6.45) is 0.432. The van der Waals surface area contributed by atoms with Gasteiger partial charge in [0.1, 0.15) is 11.6 Å². The number of hydrogen-bond acceptors (Lipinski definition) is 4. The van der Waals surface area contributed by atoms with E-state index in [1.165, 1.54) is 0 Å². The molecule has 3 N–H and O–H groups in total. The minimum Gasteiger partial charge on any atom is -0.458 e. The highest BCUT2D eigenvalue weighted by atomic mass is 16.6. The van der Waals surface area contributed by atoms with Crippen LogP contribution in [0.5, 0.6) is 0 Å². The maximum absolute atomic E-state index is 11.3. The number of carbonyl (C=O) groups excluding carboxylic acids is 2. The van der Waals surface area contributed by atoms with Crippen molar-refractivity contribution >= 4 is 12.4 Å². The lowest BCUT2D eigenvalue weighted by molar-refractivity contribution is -0.157. The molecule has 5 nitrogen and oxygen atoms in total. The standard InChI is InChI=1S/C8H16N2O3/c1-8(2,3)13-7(12)6(4-9)10-5-11/h5-6H,4,9H2,1-3H3,(H,10,11)/t6-/m0/s1. The molecule has 0 aliphatic rings. The first-order chi connectivity index (χ1) is 5.90. The molecule has 5 heteroatoms. The molecule has 0 saturated heterocycles. The molecule has 0 unspecified atom stereocenters. The lowest BCUT2D eigenvalue weighted by Gasteiger charge is -2.22. The van der Waals surface area contributed by atoms with Crippen molar-refractivity contribution in [3.63, 3.8) is 0 Å². The molecule has 0 aromatic heterocycles. The summed E-state index contributed by atoms with van der Waals surface area (Å²) >= 11 is 0. The summed E-state index contributed by atoms with van der Waals surface area (Å²) in [5.41, 5.74) is 4.70. The van der Waals surface area contributed by atoms with Crippen molar-refractivity contribution in [2.45, 2.75) is 32.4 Å². The van der Waals surface area contributed by atoms with Crippen LogP contribution in [0.2, 0.25) is 0 Å². The Balaban J connectivity index is 4.13. The van der Waals surface area contributed by atoms with Crippen LogP contribution in [-0.4, -0.2) is 30.6 Å². The summed E-state index contributed by atoms with van der Waals surface area (Å²) in [6, 6.07) is -0.753. The third kappa shape index (κ3) is 5.19. The molecule has 0 aliphatic heterocycles. The van der Waals surface area contributed by atoms with Crippen LogP contribution in [0.3, 0.4) is 0 Å².